The summed E-state index contributed by atoms with van der Waals surface area (Å²) in [5, 5.41) is 16.8. The van der Waals surface area contributed by atoms with Gasteiger partial charge in [-0.2, -0.15) is 0 Å². The highest BCUT2D eigenvalue weighted by atomic mass is 32.2. The van der Waals surface area contributed by atoms with Gasteiger partial charge in [0.1, 0.15) is 6.04 Å². The number of aliphatic hydroxyl groups is 1. The Labute approximate surface area is 70.3 Å². The van der Waals surface area contributed by atoms with Crippen molar-refractivity contribution in [2.24, 2.45) is 0 Å². The lowest BCUT2D eigenvalue weighted by Crippen LogP contribution is -2.40. The molecule has 6 nitrogen and oxygen atoms in total. The maximum atomic E-state index is 10.6. The minimum absolute atomic E-state index is 0.137. The number of aliphatic carboxylic acids is 1. The smallest absolute Gasteiger partial charge is 0.321 e. The van der Waals surface area contributed by atoms with Crippen LogP contribution in [0.25, 0.3) is 0 Å². The molecule has 0 rings (SSSR count). The summed E-state index contributed by atoms with van der Waals surface area (Å²) in [7, 11) is -3.53. The number of carboxylic acids is 1. The summed E-state index contributed by atoms with van der Waals surface area (Å²) in [5.41, 5.74) is 0. The minimum Gasteiger partial charge on any atom is -0.480 e. The topological polar surface area (TPSA) is 104 Å². The zero-order valence-corrected chi connectivity index (χ0v) is 7.34. The van der Waals surface area contributed by atoms with Crippen LogP contribution < -0.4 is 4.72 Å². The number of carboxylic acid groups (broad SMARTS) is 1. The van der Waals surface area contributed by atoms with Gasteiger partial charge in [0.25, 0.3) is 0 Å². The summed E-state index contributed by atoms with van der Waals surface area (Å²) in [4.78, 5) is 10.3. The summed E-state index contributed by atoms with van der Waals surface area (Å²) in [6.07, 6.45) is 0.725. The van der Waals surface area contributed by atoms with E-state index in [1.54, 1.807) is 0 Å². The molecule has 0 radical (unpaired) electrons. The van der Waals surface area contributed by atoms with Crippen LogP contribution >= 0.6 is 0 Å². The van der Waals surface area contributed by atoms with Crippen LogP contribution in [0.5, 0.6) is 0 Å². The SMILES string of the molecule is CS(=O)(=O)N[C@H](CCO)C(=O)O. The Morgan fingerprint density at radius 1 is 1.58 bits per heavy atom. The third-order valence-corrected chi connectivity index (χ3v) is 1.78. The fourth-order valence-corrected chi connectivity index (χ4v) is 1.36. The Kier molecular flexibility index (Phi) is 4.15. The number of sulfonamides is 1. The molecule has 7 heteroatoms. The van der Waals surface area contributed by atoms with E-state index in [1.165, 1.54) is 0 Å². The predicted molar refractivity (Wildman–Crippen MR) is 41.1 cm³/mol. The second kappa shape index (κ2) is 4.39. The molecule has 1 atom stereocenters. The summed E-state index contributed by atoms with van der Waals surface area (Å²) < 4.78 is 23.0. The van der Waals surface area contributed by atoms with E-state index in [9.17, 15) is 13.2 Å². The summed E-state index contributed by atoms with van der Waals surface area (Å²) >= 11 is 0. The lowest BCUT2D eigenvalue weighted by molar-refractivity contribution is -0.139. The van der Waals surface area contributed by atoms with Crippen molar-refractivity contribution in [3.05, 3.63) is 0 Å². The maximum absolute atomic E-state index is 10.6. The van der Waals surface area contributed by atoms with E-state index in [2.05, 4.69) is 0 Å². The monoisotopic (exact) mass is 197 g/mol. The van der Waals surface area contributed by atoms with E-state index >= 15 is 0 Å². The van der Waals surface area contributed by atoms with Crippen molar-refractivity contribution in [2.75, 3.05) is 12.9 Å². The number of aliphatic hydroxyl groups excluding tert-OH is 1. The quantitative estimate of drug-likeness (QED) is 0.491. The third kappa shape index (κ3) is 5.05. The number of carbonyl (C=O) groups is 1. The van der Waals surface area contributed by atoms with Gasteiger partial charge in [0, 0.05) is 6.61 Å². The highest BCUT2D eigenvalue weighted by Gasteiger charge is 2.20. The molecule has 0 spiro atoms. The molecule has 72 valence electrons. The van der Waals surface area contributed by atoms with Crippen molar-refractivity contribution in [1.82, 2.24) is 4.72 Å². The summed E-state index contributed by atoms with van der Waals surface area (Å²) in [6.45, 7) is -0.376. The lowest BCUT2D eigenvalue weighted by Gasteiger charge is -2.10. The zero-order valence-electron chi connectivity index (χ0n) is 6.52. The first-order valence-corrected chi connectivity index (χ1v) is 5.07. The highest BCUT2D eigenvalue weighted by molar-refractivity contribution is 7.88. The first-order chi connectivity index (χ1) is 5.37. The molecule has 0 aliphatic carbocycles. The first-order valence-electron chi connectivity index (χ1n) is 3.18. The molecule has 0 aliphatic heterocycles. The number of nitrogens with one attached hydrogen (secondary N) is 1. The Morgan fingerprint density at radius 2 is 2.08 bits per heavy atom. The second-order valence-electron chi connectivity index (χ2n) is 2.29. The van der Waals surface area contributed by atoms with E-state index in [1.807, 2.05) is 4.72 Å². The molecule has 0 fully saturated rings. The Bertz CT molecular complexity index is 247. The molecule has 0 bridgehead atoms. The van der Waals surface area contributed by atoms with Crippen molar-refractivity contribution >= 4 is 16.0 Å². The third-order valence-electron chi connectivity index (χ3n) is 1.07. The van der Waals surface area contributed by atoms with Gasteiger partial charge in [0.15, 0.2) is 0 Å². The molecule has 0 heterocycles. The molecule has 12 heavy (non-hydrogen) atoms. The van der Waals surface area contributed by atoms with Crippen LogP contribution in [-0.2, 0) is 14.8 Å². The maximum Gasteiger partial charge on any atom is 0.321 e. The van der Waals surface area contributed by atoms with E-state index in [4.69, 9.17) is 10.2 Å². The van der Waals surface area contributed by atoms with Gasteiger partial charge in [-0.15, -0.1) is 0 Å². The molecule has 0 aromatic rings. The average molecular weight is 197 g/mol. The molecular formula is C5H11NO5S. The van der Waals surface area contributed by atoms with Gasteiger partial charge in [-0.3, -0.25) is 4.79 Å². The first kappa shape index (κ1) is 11.3. The van der Waals surface area contributed by atoms with Crippen molar-refractivity contribution in [1.29, 1.82) is 0 Å². The van der Waals surface area contributed by atoms with Gasteiger partial charge in [-0.25, -0.2) is 13.1 Å². The molecule has 0 aromatic carbocycles. The van der Waals surface area contributed by atoms with Crippen molar-refractivity contribution < 1.29 is 23.4 Å². The molecule has 0 unspecified atom stereocenters. The molecule has 0 saturated heterocycles. The zero-order chi connectivity index (χ0) is 9.78. The number of hydrogen-bond donors (Lipinski definition) is 3. The van der Waals surface area contributed by atoms with Gasteiger partial charge in [0.2, 0.25) is 10.0 Å². The van der Waals surface area contributed by atoms with Gasteiger partial charge < -0.3 is 10.2 Å². The number of rotatable bonds is 5. The van der Waals surface area contributed by atoms with E-state index < -0.39 is 22.0 Å². The Hall–Kier alpha value is -0.660. The van der Waals surface area contributed by atoms with E-state index in [-0.39, 0.29) is 13.0 Å². The van der Waals surface area contributed by atoms with Crippen molar-refractivity contribution in [2.45, 2.75) is 12.5 Å². The van der Waals surface area contributed by atoms with Crippen LogP contribution in [0.3, 0.4) is 0 Å². The van der Waals surface area contributed by atoms with Crippen molar-refractivity contribution in [3.8, 4) is 0 Å². The summed E-state index contributed by atoms with van der Waals surface area (Å²) in [5.74, 6) is -1.30. The standard InChI is InChI=1S/C5H11NO5S/c1-12(10,11)6-4(2-3-7)5(8)9/h4,6-7H,2-3H2,1H3,(H,8,9)/t4-/m1/s1. The van der Waals surface area contributed by atoms with Gasteiger partial charge in [0.05, 0.1) is 6.26 Å². The largest absolute Gasteiger partial charge is 0.480 e. The minimum atomic E-state index is -3.53. The van der Waals surface area contributed by atoms with Gasteiger partial charge >= 0.3 is 5.97 Å². The Morgan fingerprint density at radius 3 is 2.33 bits per heavy atom. The molecule has 0 aromatic heterocycles. The van der Waals surface area contributed by atoms with Crippen LogP contribution in [-0.4, -0.2) is 43.5 Å². The highest BCUT2D eigenvalue weighted by Crippen LogP contribution is 1.93. The lowest BCUT2D eigenvalue weighted by atomic mass is 10.2. The van der Waals surface area contributed by atoms with Crippen LogP contribution in [0.4, 0.5) is 0 Å². The molecular weight excluding hydrogens is 186 g/mol. The molecule has 3 N–H and O–H groups in total. The van der Waals surface area contributed by atoms with Gasteiger partial charge in [-0.05, 0) is 6.42 Å². The fourth-order valence-electron chi connectivity index (χ4n) is 0.620. The Balaban J connectivity index is 4.24. The van der Waals surface area contributed by atoms with E-state index in [0.717, 1.165) is 6.26 Å². The predicted octanol–water partition coefficient (Wildman–Crippen LogP) is -1.63. The fraction of sp³-hybridized carbons (Fsp3) is 0.800. The average Bonchev–Trinajstić information content (AvgIpc) is 1.83. The summed E-state index contributed by atoms with van der Waals surface area (Å²) in [6, 6.07) is -1.25. The van der Waals surface area contributed by atoms with Crippen LogP contribution in [0.15, 0.2) is 0 Å². The van der Waals surface area contributed by atoms with Gasteiger partial charge in [-0.1, -0.05) is 0 Å². The molecule has 0 saturated carbocycles. The molecule has 0 aliphatic rings. The van der Waals surface area contributed by atoms with Crippen molar-refractivity contribution in [3.63, 3.8) is 0 Å². The van der Waals surface area contributed by atoms with Crippen LogP contribution in [0, 0.1) is 0 Å². The van der Waals surface area contributed by atoms with Crippen LogP contribution in [0.1, 0.15) is 6.42 Å². The normalized spacial score (nSPS) is 14.2. The molecule has 0 amide bonds. The van der Waals surface area contributed by atoms with E-state index in [0.29, 0.717) is 0 Å². The number of hydrogen-bond acceptors (Lipinski definition) is 4. The van der Waals surface area contributed by atoms with Crippen LogP contribution in [0.2, 0.25) is 0 Å². The second-order valence-corrected chi connectivity index (χ2v) is 4.07.